The van der Waals surface area contributed by atoms with Crippen molar-refractivity contribution in [2.24, 2.45) is 11.8 Å². The normalized spacial score (nSPS) is 28.9. The molecule has 2 fully saturated rings. The molecule has 0 N–H and O–H groups in total. The number of carbonyl (C=O) groups is 1. The molecule has 1 aliphatic heterocycles. The third-order valence-corrected chi connectivity index (χ3v) is 5.79. The Morgan fingerprint density at radius 3 is 2.62 bits per heavy atom. The summed E-state index contributed by atoms with van der Waals surface area (Å²) in [5, 5.41) is 0. The second-order valence-electron chi connectivity index (χ2n) is 7.18. The van der Waals surface area contributed by atoms with Crippen molar-refractivity contribution in [1.82, 2.24) is 4.90 Å². The third kappa shape index (κ3) is 4.64. The van der Waals surface area contributed by atoms with Crippen molar-refractivity contribution in [3.05, 3.63) is 37.0 Å². The monoisotopic (exact) mass is 363 g/mol. The highest BCUT2D eigenvalue weighted by molar-refractivity contribution is 5.72. The summed E-state index contributed by atoms with van der Waals surface area (Å²) in [6.45, 7) is 11.4. The molecule has 146 valence electrons. The Balaban J connectivity index is 2.23. The molecule has 0 spiro atoms. The van der Waals surface area contributed by atoms with Gasteiger partial charge in [-0.15, -0.1) is 0 Å². The minimum absolute atomic E-state index is 0.102. The standard InChI is InChI=1S/C21H33NO4/c1-6-9-16(7-2)14-22-15-18(20(23)26-8-3)12-17-13-21(24-4,25-5)11-10-19(17)22/h6-7,9,17-19H,1-2,8,10-15H2,3-5H3/b16-9+/t17-,18+,19-/m1/s1. The second-order valence-corrected chi connectivity index (χ2v) is 7.18. The Morgan fingerprint density at radius 2 is 2.04 bits per heavy atom. The van der Waals surface area contributed by atoms with Gasteiger partial charge in [-0.1, -0.05) is 31.4 Å². The van der Waals surface area contributed by atoms with Crippen LogP contribution in [0.2, 0.25) is 0 Å². The van der Waals surface area contributed by atoms with Gasteiger partial charge < -0.3 is 14.2 Å². The first kappa shape index (κ1) is 20.9. The number of hydrogen-bond acceptors (Lipinski definition) is 5. The summed E-state index contributed by atoms with van der Waals surface area (Å²) in [5.74, 6) is -0.423. The summed E-state index contributed by atoms with van der Waals surface area (Å²) in [5.41, 5.74) is 1.11. The smallest absolute Gasteiger partial charge is 0.310 e. The molecule has 0 aromatic rings. The summed E-state index contributed by atoms with van der Waals surface area (Å²) in [4.78, 5) is 14.8. The van der Waals surface area contributed by atoms with E-state index in [-0.39, 0.29) is 11.9 Å². The number of ether oxygens (including phenoxy) is 3. The van der Waals surface area contributed by atoms with Crippen LogP contribution in [0.15, 0.2) is 37.0 Å². The first-order valence-corrected chi connectivity index (χ1v) is 9.47. The van der Waals surface area contributed by atoms with E-state index in [9.17, 15) is 4.79 Å². The van der Waals surface area contributed by atoms with Crippen molar-refractivity contribution in [3.8, 4) is 0 Å². The van der Waals surface area contributed by atoms with E-state index in [1.165, 1.54) is 0 Å². The van der Waals surface area contributed by atoms with Crippen LogP contribution in [-0.4, -0.2) is 56.6 Å². The number of carbonyl (C=O) groups excluding carboxylic acids is 1. The van der Waals surface area contributed by atoms with Crippen molar-refractivity contribution in [3.63, 3.8) is 0 Å². The Hall–Kier alpha value is -1.43. The van der Waals surface area contributed by atoms with E-state index in [4.69, 9.17) is 14.2 Å². The van der Waals surface area contributed by atoms with Gasteiger partial charge in [0.05, 0.1) is 12.5 Å². The zero-order valence-electron chi connectivity index (χ0n) is 16.4. The highest BCUT2D eigenvalue weighted by Gasteiger charge is 2.48. The van der Waals surface area contributed by atoms with Crippen LogP contribution in [0.5, 0.6) is 0 Å². The van der Waals surface area contributed by atoms with E-state index in [2.05, 4.69) is 18.1 Å². The fraction of sp³-hybridized carbons (Fsp3) is 0.667. The average Bonchev–Trinajstić information content (AvgIpc) is 2.66. The number of esters is 1. The summed E-state index contributed by atoms with van der Waals surface area (Å²) in [6, 6.07) is 0.410. The summed E-state index contributed by atoms with van der Waals surface area (Å²) in [6.07, 6.45) is 9.09. The molecule has 5 nitrogen and oxygen atoms in total. The molecular weight excluding hydrogens is 330 g/mol. The molecule has 0 radical (unpaired) electrons. The van der Waals surface area contributed by atoms with E-state index in [1.807, 2.05) is 19.1 Å². The molecule has 5 heteroatoms. The van der Waals surface area contributed by atoms with Gasteiger partial charge in [-0.3, -0.25) is 9.69 Å². The molecule has 3 atom stereocenters. The van der Waals surface area contributed by atoms with Crippen LogP contribution in [0.1, 0.15) is 32.6 Å². The maximum atomic E-state index is 12.4. The summed E-state index contributed by atoms with van der Waals surface area (Å²) < 4.78 is 16.7. The van der Waals surface area contributed by atoms with Gasteiger partial charge in [-0.05, 0) is 31.3 Å². The van der Waals surface area contributed by atoms with Gasteiger partial charge in [0, 0.05) is 46.2 Å². The molecule has 1 saturated heterocycles. The van der Waals surface area contributed by atoms with Gasteiger partial charge in [0.25, 0.3) is 0 Å². The lowest BCUT2D eigenvalue weighted by Crippen LogP contribution is -2.56. The predicted molar refractivity (Wildman–Crippen MR) is 103 cm³/mol. The lowest BCUT2D eigenvalue weighted by Gasteiger charge is -2.51. The quantitative estimate of drug-likeness (QED) is 0.376. The Labute approximate surface area is 157 Å². The number of fused-ring (bicyclic) bond motifs is 1. The van der Waals surface area contributed by atoms with E-state index >= 15 is 0 Å². The molecule has 2 aliphatic rings. The number of likely N-dealkylation sites (tertiary alicyclic amines) is 1. The predicted octanol–water partition coefficient (Wildman–Crippen LogP) is 3.33. The lowest BCUT2D eigenvalue weighted by atomic mass is 9.72. The molecule has 0 amide bonds. The van der Waals surface area contributed by atoms with Gasteiger partial charge in [-0.2, -0.15) is 0 Å². The minimum Gasteiger partial charge on any atom is -0.466 e. The van der Waals surface area contributed by atoms with Crippen LogP contribution in [0, 0.1) is 11.8 Å². The number of nitrogens with zero attached hydrogens (tertiary/aromatic N) is 1. The van der Waals surface area contributed by atoms with E-state index in [0.717, 1.165) is 44.3 Å². The molecule has 0 unspecified atom stereocenters. The largest absolute Gasteiger partial charge is 0.466 e. The van der Waals surface area contributed by atoms with Crippen molar-refractivity contribution in [2.45, 2.75) is 44.4 Å². The van der Waals surface area contributed by atoms with E-state index < -0.39 is 5.79 Å². The maximum absolute atomic E-state index is 12.4. The molecule has 26 heavy (non-hydrogen) atoms. The minimum atomic E-state index is -0.540. The Morgan fingerprint density at radius 1 is 1.31 bits per heavy atom. The summed E-state index contributed by atoms with van der Waals surface area (Å²) in [7, 11) is 3.41. The fourth-order valence-electron chi connectivity index (χ4n) is 4.46. The number of piperidine rings is 1. The number of methoxy groups -OCH3 is 2. The van der Waals surface area contributed by atoms with E-state index in [0.29, 0.717) is 18.6 Å². The number of hydrogen-bond donors (Lipinski definition) is 0. The molecule has 1 saturated carbocycles. The average molecular weight is 363 g/mol. The van der Waals surface area contributed by atoms with Crippen molar-refractivity contribution in [2.75, 3.05) is 33.9 Å². The molecule has 0 bridgehead atoms. The molecule has 0 aromatic heterocycles. The summed E-state index contributed by atoms with van der Waals surface area (Å²) >= 11 is 0. The molecule has 2 rings (SSSR count). The highest BCUT2D eigenvalue weighted by atomic mass is 16.7. The lowest BCUT2D eigenvalue weighted by molar-refractivity contribution is -0.243. The fourth-order valence-corrected chi connectivity index (χ4v) is 4.46. The zero-order chi connectivity index (χ0) is 19.2. The number of allylic oxidation sites excluding steroid dienone is 2. The second kappa shape index (κ2) is 9.49. The van der Waals surface area contributed by atoms with Gasteiger partial charge in [-0.25, -0.2) is 0 Å². The van der Waals surface area contributed by atoms with Crippen LogP contribution in [0.4, 0.5) is 0 Å². The topological polar surface area (TPSA) is 48.0 Å². The number of rotatable bonds is 8. The van der Waals surface area contributed by atoms with E-state index in [1.54, 1.807) is 20.3 Å². The first-order chi connectivity index (χ1) is 12.5. The van der Waals surface area contributed by atoms with Crippen LogP contribution < -0.4 is 0 Å². The van der Waals surface area contributed by atoms with Gasteiger partial charge in [0.1, 0.15) is 0 Å². The first-order valence-electron chi connectivity index (χ1n) is 9.47. The molecule has 1 aliphatic carbocycles. The Bertz CT molecular complexity index is 538. The Kier molecular flexibility index (Phi) is 7.62. The van der Waals surface area contributed by atoms with Crippen molar-refractivity contribution < 1.29 is 19.0 Å². The molecule has 0 aromatic carbocycles. The third-order valence-electron chi connectivity index (χ3n) is 5.79. The molecular formula is C21H33NO4. The van der Waals surface area contributed by atoms with Crippen LogP contribution in [-0.2, 0) is 19.0 Å². The highest BCUT2D eigenvalue weighted by Crippen LogP contribution is 2.43. The molecule has 1 heterocycles. The SMILES string of the molecule is C=C/C=C(\C=C)CN1C[C@@H](C(=O)OCC)C[C@@H]2CC(OC)(OC)CC[C@H]21. The van der Waals surface area contributed by atoms with Gasteiger partial charge in [0.2, 0.25) is 0 Å². The van der Waals surface area contributed by atoms with Crippen LogP contribution in [0.25, 0.3) is 0 Å². The van der Waals surface area contributed by atoms with Gasteiger partial charge in [0.15, 0.2) is 5.79 Å². The van der Waals surface area contributed by atoms with Crippen molar-refractivity contribution in [1.29, 1.82) is 0 Å². The van der Waals surface area contributed by atoms with Gasteiger partial charge >= 0.3 is 5.97 Å². The zero-order valence-corrected chi connectivity index (χ0v) is 16.4. The van der Waals surface area contributed by atoms with Crippen LogP contribution in [0.3, 0.4) is 0 Å². The van der Waals surface area contributed by atoms with Crippen LogP contribution >= 0.6 is 0 Å². The maximum Gasteiger partial charge on any atom is 0.310 e. The van der Waals surface area contributed by atoms with Crippen molar-refractivity contribution >= 4 is 5.97 Å².